The Hall–Kier alpha value is -1.82. The molecule has 0 amide bonds. The first-order valence-electron chi connectivity index (χ1n) is 9.68. The Balaban J connectivity index is 1.63. The predicted molar refractivity (Wildman–Crippen MR) is 101 cm³/mol. The Labute approximate surface area is 155 Å². The van der Waals surface area contributed by atoms with E-state index in [0.29, 0.717) is 17.7 Å². The van der Waals surface area contributed by atoms with Gasteiger partial charge >= 0.3 is 0 Å². The zero-order valence-electron chi connectivity index (χ0n) is 15.8. The number of para-hydroxylation sites is 1. The number of nitrogens with zero attached hydrogens (tertiary/aromatic N) is 2. The minimum atomic E-state index is -0.329. The van der Waals surface area contributed by atoms with E-state index >= 15 is 0 Å². The number of benzene rings is 1. The SMILES string of the molecule is CCNC(=NCC(CC)Oc1ccccc1F)N1CCC2(CCOC2)C1. The molecule has 3 rings (SSSR count). The van der Waals surface area contributed by atoms with Crippen LogP contribution in [0.3, 0.4) is 0 Å². The molecule has 1 spiro atoms. The number of nitrogens with one attached hydrogen (secondary N) is 1. The number of hydrogen-bond donors (Lipinski definition) is 1. The van der Waals surface area contributed by atoms with Gasteiger partial charge in [-0.15, -0.1) is 0 Å². The molecule has 6 heteroatoms. The van der Waals surface area contributed by atoms with Crippen LogP contribution in [0.1, 0.15) is 33.1 Å². The maximum atomic E-state index is 13.8. The molecule has 2 saturated heterocycles. The highest BCUT2D eigenvalue weighted by Gasteiger charge is 2.42. The molecule has 1 aromatic rings. The third-order valence-electron chi connectivity index (χ3n) is 5.29. The zero-order valence-corrected chi connectivity index (χ0v) is 15.8. The summed E-state index contributed by atoms with van der Waals surface area (Å²) in [6, 6.07) is 6.53. The van der Waals surface area contributed by atoms with E-state index in [9.17, 15) is 4.39 Å². The first kappa shape index (κ1) is 19.0. The first-order valence-corrected chi connectivity index (χ1v) is 9.68. The lowest BCUT2D eigenvalue weighted by Gasteiger charge is -2.25. The van der Waals surface area contributed by atoms with Gasteiger partial charge in [-0.2, -0.15) is 0 Å². The highest BCUT2D eigenvalue weighted by molar-refractivity contribution is 5.80. The summed E-state index contributed by atoms with van der Waals surface area (Å²) in [6.07, 6.45) is 2.92. The molecule has 2 fully saturated rings. The first-order chi connectivity index (χ1) is 12.7. The molecule has 0 saturated carbocycles. The lowest BCUT2D eigenvalue weighted by atomic mass is 9.87. The van der Waals surface area contributed by atoms with E-state index in [4.69, 9.17) is 14.5 Å². The summed E-state index contributed by atoms with van der Waals surface area (Å²) >= 11 is 0. The Morgan fingerprint density at radius 3 is 2.92 bits per heavy atom. The van der Waals surface area contributed by atoms with Crippen molar-refractivity contribution >= 4 is 5.96 Å². The smallest absolute Gasteiger partial charge is 0.194 e. The van der Waals surface area contributed by atoms with Gasteiger partial charge in [-0.25, -0.2) is 9.38 Å². The molecule has 0 aromatic heterocycles. The third kappa shape index (κ3) is 4.47. The van der Waals surface area contributed by atoms with Crippen molar-refractivity contribution in [3.63, 3.8) is 0 Å². The summed E-state index contributed by atoms with van der Waals surface area (Å²) in [5.41, 5.74) is 0.296. The van der Waals surface area contributed by atoms with Gasteiger partial charge in [0.25, 0.3) is 0 Å². The van der Waals surface area contributed by atoms with E-state index in [1.807, 2.05) is 6.92 Å². The van der Waals surface area contributed by atoms with Gasteiger partial charge in [0, 0.05) is 31.7 Å². The van der Waals surface area contributed by atoms with E-state index in [1.165, 1.54) is 6.07 Å². The number of rotatable bonds is 6. The van der Waals surface area contributed by atoms with E-state index in [2.05, 4.69) is 17.1 Å². The van der Waals surface area contributed by atoms with Crippen molar-refractivity contribution in [2.45, 2.75) is 39.2 Å². The predicted octanol–water partition coefficient (Wildman–Crippen LogP) is 3.06. The van der Waals surface area contributed by atoms with Crippen LogP contribution >= 0.6 is 0 Å². The number of guanidine groups is 1. The van der Waals surface area contributed by atoms with Crippen molar-refractivity contribution in [1.29, 1.82) is 0 Å². The van der Waals surface area contributed by atoms with Crippen molar-refractivity contribution in [1.82, 2.24) is 10.2 Å². The van der Waals surface area contributed by atoms with Crippen LogP contribution in [0.25, 0.3) is 0 Å². The third-order valence-corrected chi connectivity index (χ3v) is 5.29. The quantitative estimate of drug-likeness (QED) is 0.623. The molecule has 2 aliphatic rings. The van der Waals surface area contributed by atoms with E-state index in [-0.39, 0.29) is 11.9 Å². The number of likely N-dealkylation sites (tertiary alicyclic amines) is 1. The Kier molecular flexibility index (Phi) is 6.35. The minimum Gasteiger partial charge on any atom is -0.485 e. The molecule has 1 N–H and O–H groups in total. The summed E-state index contributed by atoms with van der Waals surface area (Å²) in [5.74, 6) is 0.888. The van der Waals surface area contributed by atoms with Gasteiger partial charge in [-0.1, -0.05) is 19.1 Å². The van der Waals surface area contributed by atoms with Gasteiger partial charge in [0.1, 0.15) is 6.10 Å². The van der Waals surface area contributed by atoms with Gasteiger partial charge in [0.05, 0.1) is 13.2 Å². The molecule has 1 aromatic carbocycles. The summed E-state index contributed by atoms with van der Waals surface area (Å²) in [5, 5.41) is 3.39. The minimum absolute atomic E-state index is 0.146. The second kappa shape index (κ2) is 8.71. The summed E-state index contributed by atoms with van der Waals surface area (Å²) in [7, 11) is 0. The maximum absolute atomic E-state index is 13.8. The lowest BCUT2D eigenvalue weighted by molar-refractivity contribution is 0.156. The zero-order chi connectivity index (χ0) is 18.4. The molecule has 0 bridgehead atoms. The molecule has 5 nitrogen and oxygen atoms in total. The molecule has 2 aliphatic heterocycles. The average molecular weight is 363 g/mol. The van der Waals surface area contributed by atoms with Gasteiger partial charge in [-0.05, 0) is 38.3 Å². The highest BCUT2D eigenvalue weighted by atomic mass is 19.1. The van der Waals surface area contributed by atoms with Crippen LogP contribution in [0.4, 0.5) is 4.39 Å². The van der Waals surface area contributed by atoms with Gasteiger partial charge in [0.2, 0.25) is 0 Å². The monoisotopic (exact) mass is 363 g/mol. The van der Waals surface area contributed by atoms with Crippen LogP contribution in [0, 0.1) is 11.2 Å². The van der Waals surface area contributed by atoms with Crippen LogP contribution in [0.5, 0.6) is 5.75 Å². The topological polar surface area (TPSA) is 46.1 Å². The molecule has 2 heterocycles. The van der Waals surface area contributed by atoms with Crippen molar-refractivity contribution in [3.8, 4) is 5.75 Å². The normalized spacial score (nSPS) is 24.3. The Bertz CT molecular complexity index is 617. The fourth-order valence-corrected chi connectivity index (χ4v) is 3.67. The lowest BCUT2D eigenvalue weighted by Crippen LogP contribution is -2.42. The average Bonchev–Trinajstić information content (AvgIpc) is 3.29. The molecule has 26 heavy (non-hydrogen) atoms. The maximum Gasteiger partial charge on any atom is 0.194 e. The van der Waals surface area contributed by atoms with Gasteiger partial charge in [-0.3, -0.25) is 0 Å². The van der Waals surface area contributed by atoms with E-state index < -0.39 is 0 Å². The van der Waals surface area contributed by atoms with E-state index in [1.54, 1.807) is 18.2 Å². The number of hydrogen-bond acceptors (Lipinski definition) is 3. The summed E-state index contributed by atoms with van der Waals surface area (Å²) < 4.78 is 25.3. The van der Waals surface area contributed by atoms with Crippen molar-refractivity contribution in [2.75, 3.05) is 39.4 Å². The van der Waals surface area contributed by atoms with Crippen molar-refractivity contribution < 1.29 is 13.9 Å². The molecule has 144 valence electrons. The van der Waals surface area contributed by atoms with Crippen LogP contribution in [-0.2, 0) is 4.74 Å². The van der Waals surface area contributed by atoms with Crippen molar-refractivity contribution in [3.05, 3.63) is 30.1 Å². The number of halogens is 1. The molecular formula is C20H30FN3O2. The molecule has 0 aliphatic carbocycles. The second-order valence-electron chi connectivity index (χ2n) is 7.25. The molecular weight excluding hydrogens is 333 g/mol. The second-order valence-corrected chi connectivity index (χ2v) is 7.25. The molecule has 0 radical (unpaired) electrons. The van der Waals surface area contributed by atoms with Crippen LogP contribution in [0.2, 0.25) is 0 Å². The fourth-order valence-electron chi connectivity index (χ4n) is 3.67. The number of aliphatic imine (C=N–C) groups is 1. The fraction of sp³-hybridized carbons (Fsp3) is 0.650. The molecule has 2 atom stereocenters. The van der Waals surface area contributed by atoms with Gasteiger partial charge < -0.3 is 19.7 Å². The van der Waals surface area contributed by atoms with E-state index in [0.717, 1.165) is 58.1 Å². The van der Waals surface area contributed by atoms with Crippen molar-refractivity contribution in [2.24, 2.45) is 10.4 Å². The Morgan fingerprint density at radius 2 is 2.23 bits per heavy atom. The molecule has 2 unspecified atom stereocenters. The van der Waals surface area contributed by atoms with Gasteiger partial charge in [0.15, 0.2) is 17.5 Å². The summed E-state index contributed by atoms with van der Waals surface area (Å²) in [4.78, 5) is 7.12. The Morgan fingerprint density at radius 1 is 1.38 bits per heavy atom. The standard InChI is InChI=1S/C20H30FN3O2/c1-3-16(26-18-8-6-5-7-17(18)21)13-23-19(22-4-2)24-11-9-20(14-24)10-12-25-15-20/h5-8,16H,3-4,9-15H2,1-2H3,(H,22,23). The van der Waals surface area contributed by atoms with Crippen LogP contribution < -0.4 is 10.1 Å². The number of ether oxygens (including phenoxy) is 2. The highest BCUT2D eigenvalue weighted by Crippen LogP contribution is 2.38. The van der Waals surface area contributed by atoms with Crippen LogP contribution in [0.15, 0.2) is 29.3 Å². The largest absolute Gasteiger partial charge is 0.485 e. The summed E-state index contributed by atoms with van der Waals surface area (Å²) in [6.45, 7) is 9.16. The van der Waals surface area contributed by atoms with Crippen LogP contribution in [-0.4, -0.2) is 56.4 Å².